The predicted molar refractivity (Wildman–Crippen MR) is 96.0 cm³/mol. The minimum absolute atomic E-state index is 0.681. The van der Waals surface area contributed by atoms with Gasteiger partial charge in [-0.15, -0.1) is 0 Å². The van der Waals surface area contributed by atoms with Gasteiger partial charge in [-0.1, -0.05) is 31.4 Å². The maximum atomic E-state index is 5.89. The van der Waals surface area contributed by atoms with Gasteiger partial charge >= 0.3 is 0 Å². The summed E-state index contributed by atoms with van der Waals surface area (Å²) in [7, 11) is 0. The molecule has 22 heavy (non-hydrogen) atoms. The van der Waals surface area contributed by atoms with E-state index in [-0.39, 0.29) is 0 Å². The molecule has 2 aromatic rings. The highest BCUT2D eigenvalue weighted by atomic mass is 32.2. The van der Waals surface area contributed by atoms with Crippen molar-refractivity contribution in [1.29, 1.82) is 0 Å². The number of benzene rings is 1. The molecule has 0 aliphatic rings. The molecule has 0 saturated carbocycles. The van der Waals surface area contributed by atoms with Crippen LogP contribution in [-0.4, -0.2) is 17.5 Å². The molecule has 0 fully saturated rings. The van der Waals surface area contributed by atoms with Crippen LogP contribution in [0.1, 0.15) is 18.9 Å². The number of nitrogens with one attached hydrogen (secondary N) is 1. The second kappa shape index (κ2) is 8.80. The molecular formula is C16H20N2O2S2. The lowest BCUT2D eigenvalue weighted by molar-refractivity contribution is 0.457. The number of ether oxygens (including phenoxy) is 1. The summed E-state index contributed by atoms with van der Waals surface area (Å²) in [5, 5.41) is 0. The minimum Gasteiger partial charge on any atom is -0.452 e. The lowest BCUT2D eigenvalue weighted by Gasteiger charge is -2.12. The Balaban J connectivity index is 2.16. The Labute approximate surface area is 140 Å². The van der Waals surface area contributed by atoms with Gasteiger partial charge in [0.1, 0.15) is 11.6 Å². The van der Waals surface area contributed by atoms with Crippen LogP contribution in [0.2, 0.25) is 0 Å². The van der Waals surface area contributed by atoms with E-state index in [4.69, 9.17) is 8.92 Å². The average Bonchev–Trinajstić information content (AvgIpc) is 2.52. The van der Waals surface area contributed by atoms with Crippen LogP contribution in [0.3, 0.4) is 0 Å². The Kier molecular flexibility index (Phi) is 6.74. The highest BCUT2D eigenvalue weighted by molar-refractivity contribution is 7.99. The van der Waals surface area contributed by atoms with Gasteiger partial charge in [-0.2, -0.15) is 0 Å². The van der Waals surface area contributed by atoms with E-state index >= 15 is 0 Å². The van der Waals surface area contributed by atoms with Gasteiger partial charge in [-0.05, 0) is 36.2 Å². The van der Waals surface area contributed by atoms with Crippen molar-refractivity contribution in [3.63, 3.8) is 0 Å². The molecule has 0 amide bonds. The van der Waals surface area contributed by atoms with E-state index in [1.54, 1.807) is 6.20 Å². The van der Waals surface area contributed by atoms with Crippen molar-refractivity contribution in [2.24, 2.45) is 0 Å². The second-order valence-electron chi connectivity index (χ2n) is 4.57. The standard InChI is InChI=1S/C16H20N2O2S2/c1-4-5-12-6-8-14(15(10-12)20-22-3)19-13-7-9-16(17-11-13)18-21-2/h6-11H,4-5H2,1-3H3,(H,17,18). The molecule has 0 spiro atoms. The second-order valence-corrected chi connectivity index (χ2v) is 5.68. The summed E-state index contributed by atoms with van der Waals surface area (Å²) in [4.78, 5) is 4.28. The van der Waals surface area contributed by atoms with Gasteiger partial charge in [0, 0.05) is 12.5 Å². The van der Waals surface area contributed by atoms with Crippen molar-refractivity contribution in [3.05, 3.63) is 42.1 Å². The van der Waals surface area contributed by atoms with E-state index in [2.05, 4.69) is 22.7 Å². The van der Waals surface area contributed by atoms with Crippen LogP contribution in [0, 0.1) is 0 Å². The first kappa shape index (κ1) is 16.8. The number of rotatable bonds is 8. The van der Waals surface area contributed by atoms with Crippen LogP contribution < -0.4 is 13.6 Å². The summed E-state index contributed by atoms with van der Waals surface area (Å²) in [6.45, 7) is 2.16. The van der Waals surface area contributed by atoms with Crippen molar-refractivity contribution in [1.82, 2.24) is 4.98 Å². The lowest BCUT2D eigenvalue weighted by Crippen LogP contribution is -1.93. The van der Waals surface area contributed by atoms with Crippen molar-refractivity contribution in [2.75, 3.05) is 17.2 Å². The first-order valence-electron chi connectivity index (χ1n) is 7.03. The van der Waals surface area contributed by atoms with Crippen LogP contribution in [0.5, 0.6) is 17.2 Å². The van der Waals surface area contributed by atoms with Gasteiger partial charge in [0.2, 0.25) is 0 Å². The Morgan fingerprint density at radius 2 is 2.00 bits per heavy atom. The molecule has 0 aliphatic heterocycles. The van der Waals surface area contributed by atoms with Gasteiger partial charge < -0.3 is 13.6 Å². The molecule has 0 bridgehead atoms. The summed E-state index contributed by atoms with van der Waals surface area (Å²) in [5.74, 6) is 2.92. The SMILES string of the molecule is CCCc1ccc(Oc2ccc(NSC)nc2)c(OSC)c1. The third-order valence-electron chi connectivity index (χ3n) is 2.89. The third-order valence-corrected chi connectivity index (χ3v) is 3.65. The number of nitrogens with zero attached hydrogens (tertiary/aromatic N) is 1. The molecule has 1 aromatic heterocycles. The molecule has 0 radical (unpaired) electrons. The first-order valence-corrected chi connectivity index (χ1v) is 9.40. The van der Waals surface area contributed by atoms with Gasteiger partial charge in [0.15, 0.2) is 11.5 Å². The van der Waals surface area contributed by atoms with Gasteiger partial charge in [0.25, 0.3) is 0 Å². The maximum absolute atomic E-state index is 5.89. The summed E-state index contributed by atoms with van der Waals surface area (Å²) in [6.07, 6.45) is 7.67. The van der Waals surface area contributed by atoms with Crippen molar-refractivity contribution >= 4 is 29.8 Å². The average molecular weight is 336 g/mol. The Hall–Kier alpha value is -1.53. The molecule has 118 valence electrons. The number of hydrogen-bond donors (Lipinski definition) is 1. The quantitative estimate of drug-likeness (QED) is 0.530. The molecule has 0 atom stereocenters. The van der Waals surface area contributed by atoms with Gasteiger partial charge in [-0.3, -0.25) is 0 Å². The van der Waals surface area contributed by atoms with Gasteiger partial charge in [0.05, 0.1) is 18.2 Å². The highest BCUT2D eigenvalue weighted by Crippen LogP contribution is 2.34. The first-order chi connectivity index (χ1) is 10.8. The maximum Gasteiger partial charge on any atom is 0.180 e. The lowest BCUT2D eigenvalue weighted by atomic mass is 10.1. The van der Waals surface area contributed by atoms with Crippen molar-refractivity contribution < 1.29 is 8.92 Å². The molecule has 0 aliphatic carbocycles. The molecule has 0 saturated heterocycles. The number of pyridine rings is 1. The smallest absolute Gasteiger partial charge is 0.180 e. The fraction of sp³-hybridized carbons (Fsp3) is 0.312. The van der Waals surface area contributed by atoms with E-state index in [1.807, 2.05) is 36.8 Å². The van der Waals surface area contributed by atoms with Crippen LogP contribution in [0.15, 0.2) is 36.5 Å². The third kappa shape index (κ3) is 4.74. The molecule has 4 nitrogen and oxygen atoms in total. The van der Waals surface area contributed by atoms with E-state index < -0.39 is 0 Å². The molecule has 6 heteroatoms. The van der Waals surface area contributed by atoms with E-state index in [0.717, 1.165) is 24.4 Å². The topological polar surface area (TPSA) is 43.4 Å². The zero-order valence-corrected chi connectivity index (χ0v) is 14.6. The Bertz CT molecular complexity index is 591. The monoisotopic (exact) mass is 336 g/mol. The normalized spacial score (nSPS) is 10.3. The van der Waals surface area contributed by atoms with E-state index in [9.17, 15) is 0 Å². The zero-order chi connectivity index (χ0) is 15.8. The summed E-state index contributed by atoms with van der Waals surface area (Å²) >= 11 is 2.81. The number of hydrogen-bond acceptors (Lipinski definition) is 6. The fourth-order valence-corrected chi connectivity index (χ4v) is 2.61. The number of anilines is 1. The summed E-state index contributed by atoms with van der Waals surface area (Å²) in [6, 6.07) is 9.82. The van der Waals surface area contributed by atoms with Crippen LogP contribution in [0.4, 0.5) is 5.82 Å². The zero-order valence-electron chi connectivity index (χ0n) is 13.0. The molecular weight excluding hydrogens is 316 g/mol. The molecule has 1 heterocycles. The highest BCUT2D eigenvalue weighted by Gasteiger charge is 2.09. The van der Waals surface area contributed by atoms with Crippen LogP contribution in [0.25, 0.3) is 0 Å². The Morgan fingerprint density at radius 3 is 2.64 bits per heavy atom. The minimum atomic E-state index is 0.681. The molecule has 1 aromatic carbocycles. The molecule has 0 unspecified atom stereocenters. The van der Waals surface area contributed by atoms with Crippen molar-refractivity contribution in [2.45, 2.75) is 19.8 Å². The van der Waals surface area contributed by atoms with Gasteiger partial charge in [-0.25, -0.2) is 4.98 Å². The van der Waals surface area contributed by atoms with Crippen LogP contribution in [-0.2, 0) is 6.42 Å². The van der Waals surface area contributed by atoms with Crippen LogP contribution >= 0.6 is 24.0 Å². The van der Waals surface area contributed by atoms with Crippen molar-refractivity contribution in [3.8, 4) is 17.2 Å². The molecule has 2 rings (SSSR count). The predicted octanol–water partition coefficient (Wildman–Crippen LogP) is 5.17. The Morgan fingerprint density at radius 1 is 1.14 bits per heavy atom. The summed E-state index contributed by atoms with van der Waals surface area (Å²) in [5.41, 5.74) is 1.25. The number of aromatic nitrogens is 1. The largest absolute Gasteiger partial charge is 0.452 e. The molecule has 1 N–H and O–H groups in total. The fourth-order valence-electron chi connectivity index (χ4n) is 1.97. The van der Waals surface area contributed by atoms with E-state index in [1.165, 1.54) is 29.6 Å². The summed E-state index contributed by atoms with van der Waals surface area (Å²) < 4.78 is 14.6. The number of aryl methyl sites for hydroxylation is 1. The van der Waals surface area contributed by atoms with E-state index in [0.29, 0.717) is 11.5 Å².